The summed E-state index contributed by atoms with van der Waals surface area (Å²) in [5.74, 6) is -0.427. The Kier molecular flexibility index (Phi) is 5.94. The second-order valence-corrected chi connectivity index (χ2v) is 4.61. The zero-order valence-electron chi connectivity index (χ0n) is 10.0. The Labute approximate surface area is 114 Å². The maximum atomic E-state index is 11.2. The van der Waals surface area contributed by atoms with Crippen LogP contribution in [0.4, 0.5) is 5.69 Å². The minimum absolute atomic E-state index is 0.119. The van der Waals surface area contributed by atoms with Gasteiger partial charge in [-0.2, -0.15) is 0 Å². The van der Waals surface area contributed by atoms with Gasteiger partial charge in [-0.05, 0) is 19.1 Å². The van der Waals surface area contributed by atoms with E-state index >= 15 is 0 Å². The number of thioether (sulfide) groups is 1. The highest BCUT2D eigenvalue weighted by atomic mass is 35.5. The fourth-order valence-corrected chi connectivity index (χ4v) is 2.12. The van der Waals surface area contributed by atoms with E-state index in [2.05, 4.69) is 10.3 Å². The van der Waals surface area contributed by atoms with Crippen molar-refractivity contribution < 1.29 is 14.3 Å². The van der Waals surface area contributed by atoms with E-state index in [0.717, 1.165) is 0 Å². The number of carbonyl (C=O) groups excluding carboxylic acids is 2. The largest absolute Gasteiger partial charge is 0.465 e. The van der Waals surface area contributed by atoms with Crippen LogP contribution in [0.5, 0.6) is 0 Å². The molecule has 1 N–H and O–H groups in total. The molecule has 5 nitrogen and oxygen atoms in total. The fourth-order valence-electron chi connectivity index (χ4n) is 1.14. The van der Waals surface area contributed by atoms with E-state index in [1.807, 2.05) is 0 Å². The van der Waals surface area contributed by atoms with Crippen LogP contribution in [0, 0.1) is 0 Å². The van der Waals surface area contributed by atoms with Crippen molar-refractivity contribution in [1.29, 1.82) is 0 Å². The Morgan fingerprint density at radius 1 is 1.50 bits per heavy atom. The van der Waals surface area contributed by atoms with Gasteiger partial charge in [0.15, 0.2) is 0 Å². The van der Waals surface area contributed by atoms with Gasteiger partial charge < -0.3 is 10.1 Å². The van der Waals surface area contributed by atoms with Crippen molar-refractivity contribution >= 4 is 40.9 Å². The third-order valence-corrected chi connectivity index (χ3v) is 2.94. The molecule has 0 bridgehead atoms. The summed E-state index contributed by atoms with van der Waals surface area (Å²) in [6, 6.07) is 3.21. The van der Waals surface area contributed by atoms with Crippen molar-refractivity contribution in [1.82, 2.24) is 4.98 Å². The van der Waals surface area contributed by atoms with Crippen molar-refractivity contribution in [3.8, 4) is 0 Å². The SMILES string of the molecule is CCOC(=O)CSc1nc(Cl)ccc1NC(C)=O. The molecular weight excluding hydrogens is 276 g/mol. The zero-order valence-corrected chi connectivity index (χ0v) is 11.6. The van der Waals surface area contributed by atoms with Gasteiger partial charge in [0, 0.05) is 6.92 Å². The lowest BCUT2D eigenvalue weighted by Gasteiger charge is -2.08. The van der Waals surface area contributed by atoms with E-state index in [1.54, 1.807) is 19.1 Å². The van der Waals surface area contributed by atoms with Gasteiger partial charge in [0.1, 0.15) is 10.2 Å². The Morgan fingerprint density at radius 3 is 2.83 bits per heavy atom. The molecule has 7 heteroatoms. The van der Waals surface area contributed by atoms with Crippen molar-refractivity contribution in [3.63, 3.8) is 0 Å². The summed E-state index contributed by atoms with van der Waals surface area (Å²) >= 11 is 6.94. The molecule has 0 aromatic carbocycles. The van der Waals surface area contributed by atoms with Gasteiger partial charge in [-0.3, -0.25) is 9.59 Å². The molecule has 1 aromatic heterocycles. The molecule has 0 aliphatic carbocycles. The lowest BCUT2D eigenvalue weighted by Crippen LogP contribution is -2.10. The third-order valence-electron chi connectivity index (χ3n) is 1.77. The van der Waals surface area contributed by atoms with Crippen LogP contribution >= 0.6 is 23.4 Å². The third kappa shape index (κ3) is 4.93. The van der Waals surface area contributed by atoms with Crippen LogP contribution in [-0.2, 0) is 14.3 Å². The number of rotatable bonds is 5. The average Bonchev–Trinajstić information content (AvgIpc) is 2.29. The smallest absolute Gasteiger partial charge is 0.316 e. The van der Waals surface area contributed by atoms with Crippen LogP contribution in [0.2, 0.25) is 5.15 Å². The van der Waals surface area contributed by atoms with Crippen molar-refractivity contribution in [2.75, 3.05) is 17.7 Å². The van der Waals surface area contributed by atoms with Gasteiger partial charge in [0.05, 0.1) is 18.0 Å². The molecule has 1 aromatic rings. The number of amides is 1. The molecule has 0 atom stereocenters. The van der Waals surface area contributed by atoms with E-state index in [1.165, 1.54) is 18.7 Å². The summed E-state index contributed by atoms with van der Waals surface area (Å²) in [6.45, 7) is 3.47. The van der Waals surface area contributed by atoms with Crippen molar-refractivity contribution in [3.05, 3.63) is 17.3 Å². The molecule has 98 valence electrons. The summed E-state index contributed by atoms with van der Waals surface area (Å²) in [5, 5.41) is 3.42. The minimum Gasteiger partial charge on any atom is -0.465 e. The Hall–Kier alpha value is -1.27. The number of anilines is 1. The molecule has 0 saturated carbocycles. The Balaban J connectivity index is 2.75. The highest BCUT2D eigenvalue weighted by molar-refractivity contribution is 8.00. The number of carbonyl (C=O) groups is 2. The first-order chi connectivity index (χ1) is 8.52. The van der Waals surface area contributed by atoms with Gasteiger partial charge in [-0.25, -0.2) is 4.98 Å². The molecule has 1 amide bonds. The van der Waals surface area contributed by atoms with E-state index in [0.29, 0.717) is 22.5 Å². The topological polar surface area (TPSA) is 68.3 Å². The first-order valence-corrected chi connectivity index (χ1v) is 6.61. The number of hydrogen-bond acceptors (Lipinski definition) is 5. The number of hydrogen-bond donors (Lipinski definition) is 1. The first-order valence-electron chi connectivity index (χ1n) is 5.25. The number of nitrogens with zero attached hydrogens (tertiary/aromatic N) is 1. The van der Waals surface area contributed by atoms with Gasteiger partial charge in [0.25, 0.3) is 0 Å². The molecule has 0 fully saturated rings. The standard InChI is InChI=1S/C11H13ClN2O3S/c1-3-17-10(16)6-18-11-8(13-7(2)15)4-5-9(12)14-11/h4-5H,3,6H2,1-2H3,(H,13,15). The number of pyridine rings is 1. The van der Waals surface area contributed by atoms with Crippen LogP contribution in [-0.4, -0.2) is 29.2 Å². The van der Waals surface area contributed by atoms with Crippen molar-refractivity contribution in [2.24, 2.45) is 0 Å². The average molecular weight is 289 g/mol. The summed E-state index contributed by atoms with van der Waals surface area (Å²) in [6.07, 6.45) is 0. The number of esters is 1. The predicted octanol–water partition coefficient (Wildman–Crippen LogP) is 2.35. The second kappa shape index (κ2) is 7.23. The first kappa shape index (κ1) is 14.8. The lowest BCUT2D eigenvalue weighted by atomic mass is 10.4. The number of halogens is 1. The highest BCUT2D eigenvalue weighted by Crippen LogP contribution is 2.27. The summed E-state index contributed by atoms with van der Waals surface area (Å²) in [5.41, 5.74) is 0.529. The maximum absolute atomic E-state index is 11.2. The lowest BCUT2D eigenvalue weighted by molar-refractivity contribution is -0.139. The van der Waals surface area contributed by atoms with Crippen LogP contribution < -0.4 is 5.32 Å². The Morgan fingerprint density at radius 2 is 2.22 bits per heavy atom. The van der Waals surface area contributed by atoms with Gasteiger partial charge in [-0.1, -0.05) is 23.4 Å². The fraction of sp³-hybridized carbons (Fsp3) is 0.364. The predicted molar refractivity (Wildman–Crippen MR) is 70.9 cm³/mol. The van der Waals surface area contributed by atoms with Crippen LogP contribution in [0.3, 0.4) is 0 Å². The minimum atomic E-state index is -0.335. The molecular formula is C11H13ClN2O3S. The van der Waals surface area contributed by atoms with E-state index in [4.69, 9.17) is 16.3 Å². The van der Waals surface area contributed by atoms with Crippen molar-refractivity contribution in [2.45, 2.75) is 18.9 Å². The van der Waals surface area contributed by atoms with Gasteiger partial charge in [0.2, 0.25) is 5.91 Å². The molecule has 1 heterocycles. The van der Waals surface area contributed by atoms with Gasteiger partial charge in [-0.15, -0.1) is 0 Å². The van der Waals surface area contributed by atoms with Crippen LogP contribution in [0.15, 0.2) is 17.2 Å². The zero-order chi connectivity index (χ0) is 13.5. The van der Waals surface area contributed by atoms with E-state index in [-0.39, 0.29) is 17.6 Å². The normalized spacial score (nSPS) is 9.94. The molecule has 0 unspecified atom stereocenters. The molecule has 0 aliphatic heterocycles. The highest BCUT2D eigenvalue weighted by Gasteiger charge is 2.10. The van der Waals surface area contributed by atoms with E-state index in [9.17, 15) is 9.59 Å². The van der Waals surface area contributed by atoms with E-state index < -0.39 is 0 Å². The molecule has 18 heavy (non-hydrogen) atoms. The summed E-state index contributed by atoms with van der Waals surface area (Å²) in [7, 11) is 0. The Bertz CT molecular complexity index is 454. The summed E-state index contributed by atoms with van der Waals surface area (Å²) in [4.78, 5) is 26.3. The molecule has 0 spiro atoms. The van der Waals surface area contributed by atoms with Crippen LogP contribution in [0.25, 0.3) is 0 Å². The molecule has 1 rings (SSSR count). The molecule has 0 aliphatic rings. The maximum Gasteiger partial charge on any atom is 0.316 e. The number of ether oxygens (including phenoxy) is 1. The number of aromatic nitrogens is 1. The summed E-state index contributed by atoms with van der Waals surface area (Å²) < 4.78 is 4.81. The molecule has 0 radical (unpaired) electrons. The number of nitrogens with one attached hydrogen (secondary N) is 1. The monoisotopic (exact) mass is 288 g/mol. The quantitative estimate of drug-likeness (QED) is 0.512. The second-order valence-electron chi connectivity index (χ2n) is 3.26. The van der Waals surface area contributed by atoms with Crippen LogP contribution in [0.1, 0.15) is 13.8 Å². The van der Waals surface area contributed by atoms with Gasteiger partial charge >= 0.3 is 5.97 Å². The molecule has 0 saturated heterocycles.